The zero-order valence-electron chi connectivity index (χ0n) is 7.54. The molecule has 14 heavy (non-hydrogen) atoms. The highest BCUT2D eigenvalue weighted by Gasteiger charge is 2.55. The standard InChI is InChI=1S/C8H12F2N2O2/c9-8(10)4-11-5-1-2-12(7(5)8)3-6(13)14/h5,7,11H,1-4H2,(H,13,14). The Morgan fingerprint density at radius 1 is 1.64 bits per heavy atom. The van der Waals surface area contributed by atoms with Gasteiger partial charge in [-0.05, 0) is 6.42 Å². The number of carbonyl (C=O) groups is 1. The van der Waals surface area contributed by atoms with Crippen LogP contribution in [-0.2, 0) is 4.79 Å². The number of carboxylic acids is 1. The summed E-state index contributed by atoms with van der Waals surface area (Å²) in [4.78, 5) is 11.8. The van der Waals surface area contributed by atoms with Gasteiger partial charge in [0, 0.05) is 12.6 Å². The van der Waals surface area contributed by atoms with Crippen molar-refractivity contribution in [3.63, 3.8) is 0 Å². The Morgan fingerprint density at radius 3 is 3.00 bits per heavy atom. The highest BCUT2D eigenvalue weighted by Crippen LogP contribution is 2.35. The first kappa shape index (κ1) is 9.79. The molecule has 2 saturated heterocycles. The van der Waals surface area contributed by atoms with E-state index in [9.17, 15) is 13.6 Å². The zero-order chi connectivity index (χ0) is 10.3. The third-order valence-corrected chi connectivity index (χ3v) is 2.87. The van der Waals surface area contributed by atoms with E-state index in [0.29, 0.717) is 13.0 Å². The van der Waals surface area contributed by atoms with Gasteiger partial charge in [0.2, 0.25) is 0 Å². The molecule has 80 valence electrons. The van der Waals surface area contributed by atoms with Gasteiger partial charge >= 0.3 is 5.97 Å². The first-order chi connectivity index (χ1) is 6.50. The molecule has 2 fully saturated rings. The first-order valence-corrected chi connectivity index (χ1v) is 4.58. The molecule has 0 spiro atoms. The predicted octanol–water partition coefficient (Wildman–Crippen LogP) is -0.248. The van der Waals surface area contributed by atoms with Crippen molar-refractivity contribution >= 4 is 5.97 Å². The summed E-state index contributed by atoms with van der Waals surface area (Å²) in [5.41, 5.74) is 0. The van der Waals surface area contributed by atoms with Crippen LogP contribution in [0.4, 0.5) is 8.78 Å². The molecule has 2 atom stereocenters. The monoisotopic (exact) mass is 206 g/mol. The number of likely N-dealkylation sites (tertiary alicyclic amines) is 1. The highest BCUT2D eigenvalue weighted by molar-refractivity contribution is 5.69. The van der Waals surface area contributed by atoms with Gasteiger partial charge in [0.15, 0.2) is 0 Å². The van der Waals surface area contributed by atoms with Crippen molar-refractivity contribution in [1.29, 1.82) is 0 Å². The maximum atomic E-state index is 13.3. The summed E-state index contributed by atoms with van der Waals surface area (Å²) >= 11 is 0. The Labute approximate surface area is 79.9 Å². The van der Waals surface area contributed by atoms with Gasteiger partial charge in [-0.3, -0.25) is 9.69 Å². The van der Waals surface area contributed by atoms with Gasteiger partial charge in [-0.15, -0.1) is 0 Å². The second-order valence-electron chi connectivity index (χ2n) is 3.85. The fourth-order valence-electron chi connectivity index (χ4n) is 2.35. The molecular weight excluding hydrogens is 194 g/mol. The summed E-state index contributed by atoms with van der Waals surface area (Å²) < 4.78 is 26.6. The molecule has 0 radical (unpaired) electrons. The van der Waals surface area contributed by atoms with Gasteiger partial charge in [0.1, 0.15) is 0 Å². The average molecular weight is 206 g/mol. The van der Waals surface area contributed by atoms with Crippen LogP contribution in [0.15, 0.2) is 0 Å². The molecule has 2 unspecified atom stereocenters. The average Bonchev–Trinajstić information content (AvgIpc) is 2.55. The van der Waals surface area contributed by atoms with E-state index in [1.54, 1.807) is 0 Å². The molecular formula is C8H12F2N2O2. The van der Waals surface area contributed by atoms with Crippen LogP contribution in [0, 0.1) is 0 Å². The van der Waals surface area contributed by atoms with Gasteiger partial charge in [0.25, 0.3) is 5.92 Å². The van der Waals surface area contributed by atoms with E-state index < -0.39 is 17.9 Å². The van der Waals surface area contributed by atoms with Crippen molar-refractivity contribution in [1.82, 2.24) is 10.2 Å². The normalized spacial score (nSPS) is 35.9. The molecule has 0 aromatic heterocycles. The van der Waals surface area contributed by atoms with Crippen molar-refractivity contribution in [2.45, 2.75) is 24.4 Å². The van der Waals surface area contributed by atoms with E-state index in [2.05, 4.69) is 5.32 Å². The van der Waals surface area contributed by atoms with Crippen LogP contribution in [0.3, 0.4) is 0 Å². The van der Waals surface area contributed by atoms with Crippen LogP contribution in [0.2, 0.25) is 0 Å². The molecule has 2 aliphatic heterocycles. The van der Waals surface area contributed by atoms with E-state index in [1.165, 1.54) is 4.90 Å². The Kier molecular flexibility index (Phi) is 2.19. The molecule has 0 aromatic rings. The summed E-state index contributed by atoms with van der Waals surface area (Å²) in [5.74, 6) is -3.84. The molecule has 2 rings (SSSR count). The van der Waals surface area contributed by atoms with Crippen LogP contribution < -0.4 is 5.32 Å². The van der Waals surface area contributed by atoms with Crippen molar-refractivity contribution in [3.05, 3.63) is 0 Å². The molecule has 0 aromatic carbocycles. The van der Waals surface area contributed by atoms with Gasteiger partial charge in [-0.25, -0.2) is 8.78 Å². The van der Waals surface area contributed by atoms with Gasteiger partial charge in [-0.2, -0.15) is 0 Å². The predicted molar refractivity (Wildman–Crippen MR) is 44.4 cm³/mol. The van der Waals surface area contributed by atoms with E-state index >= 15 is 0 Å². The topological polar surface area (TPSA) is 52.6 Å². The minimum atomic E-state index is -2.80. The molecule has 0 bridgehead atoms. The lowest BCUT2D eigenvalue weighted by atomic mass is 10.1. The molecule has 0 saturated carbocycles. The van der Waals surface area contributed by atoms with Gasteiger partial charge < -0.3 is 10.4 Å². The minimum Gasteiger partial charge on any atom is -0.480 e. The fourth-order valence-corrected chi connectivity index (χ4v) is 2.35. The lowest BCUT2D eigenvalue weighted by Crippen LogP contribution is -2.47. The second kappa shape index (κ2) is 3.13. The summed E-state index contributed by atoms with van der Waals surface area (Å²) in [6.45, 7) is -0.193. The number of hydrogen-bond donors (Lipinski definition) is 2. The third-order valence-electron chi connectivity index (χ3n) is 2.87. The van der Waals surface area contributed by atoms with Gasteiger partial charge in [-0.1, -0.05) is 0 Å². The summed E-state index contributed by atoms with van der Waals surface area (Å²) in [5, 5.41) is 11.3. The van der Waals surface area contributed by atoms with E-state index in [4.69, 9.17) is 5.11 Å². The van der Waals surface area contributed by atoms with Crippen LogP contribution in [0.25, 0.3) is 0 Å². The summed E-state index contributed by atoms with van der Waals surface area (Å²) in [6.07, 6.45) is 0.605. The number of rotatable bonds is 2. The van der Waals surface area contributed by atoms with Crippen molar-refractivity contribution in [3.8, 4) is 0 Å². The van der Waals surface area contributed by atoms with E-state index in [-0.39, 0.29) is 19.1 Å². The fraction of sp³-hybridized carbons (Fsp3) is 0.875. The highest BCUT2D eigenvalue weighted by atomic mass is 19.3. The van der Waals surface area contributed by atoms with Crippen LogP contribution >= 0.6 is 0 Å². The number of aliphatic carboxylic acids is 1. The number of fused-ring (bicyclic) bond motifs is 1. The molecule has 0 aliphatic carbocycles. The maximum Gasteiger partial charge on any atom is 0.317 e. The maximum absolute atomic E-state index is 13.3. The number of halogens is 2. The zero-order valence-corrected chi connectivity index (χ0v) is 7.54. The number of carboxylic acid groups (broad SMARTS) is 1. The lowest BCUT2D eigenvalue weighted by Gasteiger charge is -2.26. The number of nitrogens with one attached hydrogen (secondary N) is 1. The van der Waals surface area contributed by atoms with Crippen molar-refractivity contribution < 1.29 is 18.7 Å². The number of alkyl halides is 2. The molecule has 2 aliphatic rings. The quantitative estimate of drug-likeness (QED) is 0.654. The van der Waals surface area contributed by atoms with E-state index in [0.717, 1.165) is 0 Å². The van der Waals surface area contributed by atoms with Crippen LogP contribution in [-0.4, -0.2) is 53.6 Å². The van der Waals surface area contributed by atoms with Crippen LogP contribution in [0.5, 0.6) is 0 Å². The summed E-state index contributed by atoms with van der Waals surface area (Å²) in [7, 11) is 0. The SMILES string of the molecule is O=C(O)CN1CCC2NCC(F)(F)C21. The number of hydrogen-bond acceptors (Lipinski definition) is 3. The summed E-state index contributed by atoms with van der Waals surface area (Å²) in [6, 6.07) is -1.18. The molecule has 0 amide bonds. The first-order valence-electron chi connectivity index (χ1n) is 4.58. The Bertz CT molecular complexity index is 260. The number of nitrogens with zero attached hydrogens (tertiary/aromatic N) is 1. The molecule has 2 heterocycles. The van der Waals surface area contributed by atoms with E-state index in [1.807, 2.05) is 0 Å². The largest absolute Gasteiger partial charge is 0.480 e. The second-order valence-corrected chi connectivity index (χ2v) is 3.85. The minimum absolute atomic E-state index is 0.246. The Hall–Kier alpha value is -0.750. The molecule has 2 N–H and O–H groups in total. The Balaban J connectivity index is 2.10. The molecule has 6 heteroatoms. The van der Waals surface area contributed by atoms with Gasteiger partial charge in [0.05, 0.1) is 19.1 Å². The van der Waals surface area contributed by atoms with Crippen molar-refractivity contribution in [2.24, 2.45) is 0 Å². The lowest BCUT2D eigenvalue weighted by molar-refractivity contribution is -0.140. The molecule has 4 nitrogen and oxygen atoms in total. The smallest absolute Gasteiger partial charge is 0.317 e. The third kappa shape index (κ3) is 1.48. The van der Waals surface area contributed by atoms with Crippen LogP contribution in [0.1, 0.15) is 6.42 Å². The Morgan fingerprint density at radius 2 is 2.36 bits per heavy atom. The van der Waals surface area contributed by atoms with Crippen molar-refractivity contribution in [2.75, 3.05) is 19.6 Å².